The predicted molar refractivity (Wildman–Crippen MR) is 108 cm³/mol. The van der Waals surface area contributed by atoms with Crippen molar-refractivity contribution in [2.75, 3.05) is 0 Å². The summed E-state index contributed by atoms with van der Waals surface area (Å²) in [6.45, 7) is 3.63. The number of ether oxygens (including phenoxy) is 1. The molecule has 28 heavy (non-hydrogen) atoms. The van der Waals surface area contributed by atoms with Gasteiger partial charge in [0.25, 0.3) is 0 Å². The third-order valence-electron chi connectivity index (χ3n) is 5.65. The third kappa shape index (κ3) is 3.26. The van der Waals surface area contributed by atoms with E-state index in [1.54, 1.807) is 24.3 Å². The summed E-state index contributed by atoms with van der Waals surface area (Å²) in [4.78, 5) is 12.3. The molecule has 0 bridgehead atoms. The highest BCUT2D eigenvalue weighted by Crippen LogP contribution is 2.75. The van der Waals surface area contributed by atoms with Crippen LogP contribution in [0.4, 0.5) is 0 Å². The van der Waals surface area contributed by atoms with E-state index in [9.17, 15) is 15.2 Å². The van der Waals surface area contributed by atoms with E-state index in [-0.39, 0.29) is 4.49 Å². The number of nitriles is 1. The minimum Gasteiger partial charge on any atom is -0.481 e. The molecule has 1 saturated carbocycles. The lowest BCUT2D eigenvalue weighted by Gasteiger charge is -2.22. The first-order chi connectivity index (χ1) is 13.2. The van der Waals surface area contributed by atoms with E-state index in [4.69, 9.17) is 27.9 Å². The molecule has 4 nitrogen and oxygen atoms in total. The first-order valence-electron chi connectivity index (χ1n) is 8.73. The van der Waals surface area contributed by atoms with E-state index in [0.29, 0.717) is 17.1 Å². The molecule has 0 aliphatic heterocycles. The van der Waals surface area contributed by atoms with Crippen LogP contribution in [0, 0.1) is 28.1 Å². The van der Waals surface area contributed by atoms with Crippen molar-refractivity contribution in [3.8, 4) is 17.6 Å². The first-order valence-corrected chi connectivity index (χ1v) is 9.49. The molecule has 0 amide bonds. The number of halogens is 2. The maximum absolute atomic E-state index is 12.3. The van der Waals surface area contributed by atoms with Gasteiger partial charge in [-0.15, -0.1) is 0 Å². The summed E-state index contributed by atoms with van der Waals surface area (Å²) in [6, 6.07) is 18.4. The molecule has 2 aromatic carbocycles. The van der Waals surface area contributed by atoms with Gasteiger partial charge in [0.1, 0.15) is 21.4 Å². The largest absolute Gasteiger partial charge is 0.481 e. The van der Waals surface area contributed by atoms with Gasteiger partial charge in [0, 0.05) is 5.92 Å². The average Bonchev–Trinajstić information content (AvgIpc) is 3.12. The maximum Gasteiger partial charge on any atom is 0.312 e. The van der Waals surface area contributed by atoms with Crippen LogP contribution in [0.25, 0.3) is 0 Å². The minimum atomic E-state index is -1.33. The number of allylic oxidation sites excluding steroid dienone is 1. The summed E-state index contributed by atoms with van der Waals surface area (Å²) in [5.74, 6) is -1.22. The maximum atomic E-state index is 12.3. The number of rotatable bonds is 6. The topological polar surface area (TPSA) is 70.3 Å². The zero-order valence-corrected chi connectivity index (χ0v) is 16.9. The van der Waals surface area contributed by atoms with Crippen molar-refractivity contribution in [1.29, 1.82) is 5.26 Å². The van der Waals surface area contributed by atoms with Crippen LogP contribution >= 0.6 is 23.2 Å². The van der Waals surface area contributed by atoms with Gasteiger partial charge >= 0.3 is 5.97 Å². The Kier molecular flexibility index (Phi) is 5.43. The van der Waals surface area contributed by atoms with Gasteiger partial charge in [-0.1, -0.05) is 67.4 Å². The third-order valence-corrected chi connectivity index (χ3v) is 5.90. The van der Waals surface area contributed by atoms with Crippen LogP contribution < -0.4 is 4.74 Å². The first kappa shape index (κ1) is 20.3. The van der Waals surface area contributed by atoms with Crippen molar-refractivity contribution in [2.24, 2.45) is 16.7 Å². The Balaban J connectivity index is 2.01. The zero-order valence-electron chi connectivity index (χ0n) is 15.4. The molecule has 1 N–H and O–H groups in total. The molecule has 6 heteroatoms. The van der Waals surface area contributed by atoms with Crippen molar-refractivity contribution >= 4 is 29.2 Å². The molecule has 144 valence electrons. The highest BCUT2D eigenvalue weighted by molar-refractivity contribution is 6.55. The smallest absolute Gasteiger partial charge is 0.312 e. The van der Waals surface area contributed by atoms with Crippen molar-refractivity contribution in [2.45, 2.75) is 19.8 Å². The standard InChI is InChI=1S/C22H19Cl2NO3/c1-21(2)18(12-19(23)24)22(21,20(26)27)17(13-25)14-7-6-10-16(11-14)28-15-8-4-3-5-9-15/h3-12,17-18H,1-2H3,(H,26,27)/t17-,18+,22-/m1/s1. The highest BCUT2D eigenvalue weighted by atomic mass is 35.5. The van der Waals surface area contributed by atoms with E-state index in [2.05, 4.69) is 6.07 Å². The molecule has 1 aliphatic carbocycles. The lowest BCUT2D eigenvalue weighted by Crippen LogP contribution is -2.28. The van der Waals surface area contributed by atoms with Gasteiger partial charge in [0.05, 0.1) is 12.0 Å². The molecule has 0 radical (unpaired) electrons. The van der Waals surface area contributed by atoms with E-state index < -0.39 is 28.6 Å². The van der Waals surface area contributed by atoms with Crippen molar-refractivity contribution in [3.63, 3.8) is 0 Å². The fourth-order valence-electron chi connectivity index (χ4n) is 4.21. The van der Waals surface area contributed by atoms with Crippen LogP contribution in [0.5, 0.6) is 11.5 Å². The van der Waals surface area contributed by atoms with E-state index in [1.807, 2.05) is 44.2 Å². The number of carboxylic acids is 1. The minimum absolute atomic E-state index is 0.000878. The second-order valence-corrected chi connectivity index (χ2v) is 8.39. The van der Waals surface area contributed by atoms with E-state index in [0.717, 1.165) is 0 Å². The normalized spacial score (nSPS) is 23.2. The summed E-state index contributed by atoms with van der Waals surface area (Å²) >= 11 is 11.6. The molecule has 1 aliphatic rings. The summed E-state index contributed by atoms with van der Waals surface area (Å²) < 4.78 is 5.84. The molecule has 0 unspecified atom stereocenters. The van der Waals surface area contributed by atoms with Gasteiger partial charge in [-0.3, -0.25) is 4.79 Å². The van der Waals surface area contributed by atoms with Gasteiger partial charge in [-0.25, -0.2) is 0 Å². The van der Waals surface area contributed by atoms with Gasteiger partial charge in [0.2, 0.25) is 0 Å². The summed E-state index contributed by atoms with van der Waals surface area (Å²) in [7, 11) is 0. The second-order valence-electron chi connectivity index (χ2n) is 7.38. The number of benzene rings is 2. The number of nitrogens with zero attached hydrogens (tertiary/aromatic N) is 1. The van der Waals surface area contributed by atoms with Crippen LogP contribution in [0.15, 0.2) is 65.2 Å². The van der Waals surface area contributed by atoms with Gasteiger partial charge in [-0.05, 0) is 41.3 Å². The quantitative estimate of drug-likeness (QED) is 0.615. The van der Waals surface area contributed by atoms with Crippen LogP contribution in [-0.2, 0) is 4.79 Å². The lowest BCUT2D eigenvalue weighted by molar-refractivity contribution is -0.145. The highest BCUT2D eigenvalue weighted by Gasteiger charge is 2.78. The Morgan fingerprint density at radius 1 is 1.18 bits per heavy atom. The van der Waals surface area contributed by atoms with Gasteiger partial charge in [-0.2, -0.15) is 5.26 Å². The summed E-state index contributed by atoms with van der Waals surface area (Å²) in [5, 5.41) is 20.0. The number of hydrogen-bond donors (Lipinski definition) is 1. The molecule has 0 aromatic heterocycles. The lowest BCUT2D eigenvalue weighted by atomic mass is 9.78. The van der Waals surface area contributed by atoms with Crippen LogP contribution in [0.3, 0.4) is 0 Å². The molecular weight excluding hydrogens is 397 g/mol. The second kappa shape index (κ2) is 7.50. The number of para-hydroxylation sites is 1. The summed E-state index contributed by atoms with van der Waals surface area (Å²) in [5.41, 5.74) is -1.44. The van der Waals surface area contributed by atoms with E-state index >= 15 is 0 Å². The Morgan fingerprint density at radius 2 is 1.82 bits per heavy atom. The number of aliphatic carboxylic acids is 1. The predicted octanol–water partition coefficient (Wildman–Crippen LogP) is 6.13. The molecule has 1 fully saturated rings. The molecule has 3 atom stereocenters. The fraction of sp³-hybridized carbons (Fsp3) is 0.273. The molecule has 0 spiro atoms. The van der Waals surface area contributed by atoms with Crippen LogP contribution in [0.1, 0.15) is 25.3 Å². The number of carboxylic acid groups (broad SMARTS) is 1. The molecule has 3 rings (SSSR count). The molecule has 2 aromatic rings. The van der Waals surface area contributed by atoms with Gasteiger partial charge < -0.3 is 9.84 Å². The zero-order chi connectivity index (χ0) is 20.5. The number of hydrogen-bond acceptors (Lipinski definition) is 3. The average molecular weight is 416 g/mol. The molecule has 0 saturated heterocycles. The number of carbonyl (C=O) groups is 1. The molecule has 0 heterocycles. The van der Waals surface area contributed by atoms with E-state index in [1.165, 1.54) is 6.08 Å². The van der Waals surface area contributed by atoms with Gasteiger partial charge in [0.15, 0.2) is 0 Å². The Bertz CT molecular complexity index is 961. The van der Waals surface area contributed by atoms with Crippen molar-refractivity contribution in [3.05, 3.63) is 70.7 Å². The monoisotopic (exact) mass is 415 g/mol. The van der Waals surface area contributed by atoms with Crippen LogP contribution in [0.2, 0.25) is 0 Å². The molecular formula is C22H19Cl2NO3. The van der Waals surface area contributed by atoms with Crippen molar-refractivity contribution in [1.82, 2.24) is 0 Å². The Hall–Kier alpha value is -2.48. The SMILES string of the molecule is CC1(C)[C@H](C=C(Cl)Cl)[C@@]1(C(=O)O)[C@H](C#N)c1cccc(Oc2ccccc2)c1. The fourth-order valence-corrected chi connectivity index (χ4v) is 4.46. The Labute approximate surface area is 174 Å². The van der Waals surface area contributed by atoms with Crippen LogP contribution in [-0.4, -0.2) is 11.1 Å². The Morgan fingerprint density at radius 3 is 2.39 bits per heavy atom. The van der Waals surface area contributed by atoms with Crippen molar-refractivity contribution < 1.29 is 14.6 Å². The summed E-state index contributed by atoms with van der Waals surface area (Å²) in [6.07, 6.45) is 1.52.